The number of carbonyl (C=O) groups excluding carboxylic acids is 1. The van der Waals surface area contributed by atoms with Gasteiger partial charge in [-0.25, -0.2) is 9.97 Å². The van der Waals surface area contributed by atoms with Crippen LogP contribution in [0.1, 0.15) is 21.2 Å². The smallest absolute Gasteiger partial charge is 0.293 e. The van der Waals surface area contributed by atoms with E-state index in [0.29, 0.717) is 17.9 Å². The number of amides is 1. The van der Waals surface area contributed by atoms with Crippen molar-refractivity contribution < 1.29 is 9.07 Å². The van der Waals surface area contributed by atoms with Crippen molar-refractivity contribution in [3.8, 4) is 0 Å². The van der Waals surface area contributed by atoms with Crippen LogP contribution in [0.2, 0.25) is 0 Å². The van der Waals surface area contributed by atoms with Gasteiger partial charge in [0.15, 0.2) is 5.82 Å². The molecule has 0 radical (unpaired) electrons. The van der Waals surface area contributed by atoms with E-state index in [9.17, 15) is 9.59 Å². The predicted molar refractivity (Wildman–Crippen MR) is 124 cm³/mol. The van der Waals surface area contributed by atoms with E-state index in [1.165, 1.54) is 10.1 Å². The van der Waals surface area contributed by atoms with Crippen molar-refractivity contribution in [1.29, 1.82) is 0 Å². The third-order valence-electron chi connectivity index (χ3n) is 4.93. The molecule has 0 atom stereocenters. The monoisotopic (exact) mass is 423 g/mol. The summed E-state index contributed by atoms with van der Waals surface area (Å²) < 4.78 is 1.41. The fourth-order valence-electron chi connectivity index (χ4n) is 3.22. The number of aromatic nitrogens is 5. The van der Waals surface area contributed by atoms with Crippen LogP contribution in [-0.4, -0.2) is 37.0 Å². The Balaban J connectivity index is 0.00000193. The minimum atomic E-state index is -0.320. The Morgan fingerprint density at radius 3 is 2.84 bits per heavy atom. The third kappa shape index (κ3) is 4.95. The standard InChI is InChI=1S/C22H23N7O2.3H2/c1-15-10-26-21(23-8-7-16-5-3-2-4-6-16)22(31)29(15)13-20(30)25-11-17-9-18-19(12-24-17)28-14-27-18;;;/h2-6,9-10,12,14H,7-8,11,13H2,1H3,(H,23,26)(H,25,30)(H,27,28);3*1H. The number of aryl methyl sites for hydroxylation is 1. The summed E-state index contributed by atoms with van der Waals surface area (Å²) in [6, 6.07) is 11.8. The van der Waals surface area contributed by atoms with Crippen LogP contribution in [0, 0.1) is 6.92 Å². The number of carbonyl (C=O) groups is 1. The highest BCUT2D eigenvalue weighted by atomic mass is 16.2. The lowest BCUT2D eigenvalue weighted by Gasteiger charge is -2.12. The lowest BCUT2D eigenvalue weighted by atomic mass is 10.1. The molecule has 3 heterocycles. The number of pyridine rings is 1. The first-order valence-electron chi connectivity index (χ1n) is 9.99. The molecule has 1 amide bonds. The minimum Gasteiger partial charge on any atom is -0.365 e. The molecule has 0 unspecified atom stereocenters. The number of benzene rings is 1. The molecule has 31 heavy (non-hydrogen) atoms. The van der Waals surface area contributed by atoms with Crippen molar-refractivity contribution in [2.45, 2.75) is 26.4 Å². The summed E-state index contributed by atoms with van der Waals surface area (Å²) in [5.41, 5.74) is 3.77. The molecule has 1 aromatic carbocycles. The van der Waals surface area contributed by atoms with Crippen molar-refractivity contribution in [3.63, 3.8) is 0 Å². The first-order chi connectivity index (χ1) is 15.1. The van der Waals surface area contributed by atoms with E-state index in [-0.39, 0.29) is 34.7 Å². The number of rotatable bonds is 8. The van der Waals surface area contributed by atoms with Gasteiger partial charge in [-0.1, -0.05) is 30.3 Å². The van der Waals surface area contributed by atoms with E-state index in [0.717, 1.165) is 17.5 Å². The summed E-state index contributed by atoms with van der Waals surface area (Å²) >= 11 is 0. The number of imidazole rings is 1. The molecule has 0 fully saturated rings. The Morgan fingerprint density at radius 2 is 2.00 bits per heavy atom. The summed E-state index contributed by atoms with van der Waals surface area (Å²) in [5, 5.41) is 5.88. The van der Waals surface area contributed by atoms with Gasteiger partial charge in [-0.15, -0.1) is 0 Å². The first kappa shape index (κ1) is 20.3. The molecule has 3 N–H and O–H groups in total. The number of nitrogens with zero attached hydrogens (tertiary/aromatic N) is 4. The van der Waals surface area contributed by atoms with Gasteiger partial charge < -0.3 is 15.6 Å². The van der Waals surface area contributed by atoms with E-state index in [1.54, 1.807) is 25.6 Å². The van der Waals surface area contributed by atoms with Crippen LogP contribution in [0.25, 0.3) is 11.0 Å². The topological polar surface area (TPSA) is 118 Å². The van der Waals surface area contributed by atoms with Gasteiger partial charge in [0.05, 0.1) is 35.8 Å². The Bertz CT molecular complexity index is 1260. The number of aromatic amines is 1. The van der Waals surface area contributed by atoms with Crippen molar-refractivity contribution >= 4 is 22.8 Å². The molecular weight excluding hydrogens is 394 g/mol. The van der Waals surface area contributed by atoms with Gasteiger partial charge in [0.1, 0.15) is 6.54 Å². The summed E-state index contributed by atoms with van der Waals surface area (Å²) in [7, 11) is 0. The minimum absolute atomic E-state index is 0. The molecule has 0 aliphatic heterocycles. The molecule has 0 saturated heterocycles. The van der Waals surface area contributed by atoms with Crippen LogP contribution in [0.5, 0.6) is 0 Å². The zero-order valence-electron chi connectivity index (χ0n) is 17.1. The van der Waals surface area contributed by atoms with E-state index in [1.807, 2.05) is 36.4 Å². The van der Waals surface area contributed by atoms with Crippen LogP contribution in [-0.2, 0) is 24.3 Å². The molecule has 9 heteroatoms. The lowest BCUT2D eigenvalue weighted by molar-refractivity contribution is -0.121. The maximum atomic E-state index is 12.8. The highest BCUT2D eigenvalue weighted by Gasteiger charge is 2.12. The fraction of sp³-hybridized carbons (Fsp3) is 0.227. The van der Waals surface area contributed by atoms with Crippen molar-refractivity contribution in [3.05, 3.63) is 82.4 Å². The Kier molecular flexibility index (Phi) is 6.02. The Hall–Kier alpha value is -4.01. The van der Waals surface area contributed by atoms with Crippen LogP contribution in [0.3, 0.4) is 0 Å². The largest absolute Gasteiger partial charge is 0.365 e. The summed E-state index contributed by atoms with van der Waals surface area (Å²) in [6.45, 7) is 2.49. The van der Waals surface area contributed by atoms with Gasteiger partial charge in [0, 0.05) is 22.7 Å². The van der Waals surface area contributed by atoms with Crippen molar-refractivity contribution in [1.82, 2.24) is 29.8 Å². The van der Waals surface area contributed by atoms with Crippen LogP contribution >= 0.6 is 0 Å². The predicted octanol–water partition coefficient (Wildman–Crippen LogP) is 2.53. The average molecular weight is 424 g/mol. The van der Waals surface area contributed by atoms with Gasteiger partial charge in [0.2, 0.25) is 5.91 Å². The van der Waals surface area contributed by atoms with Crippen molar-refractivity contribution in [2.24, 2.45) is 0 Å². The maximum absolute atomic E-state index is 12.8. The second-order valence-corrected chi connectivity index (χ2v) is 7.17. The highest BCUT2D eigenvalue weighted by molar-refractivity contribution is 5.76. The lowest BCUT2D eigenvalue weighted by Crippen LogP contribution is -2.34. The van der Waals surface area contributed by atoms with Gasteiger partial charge in [-0.05, 0) is 25.0 Å². The maximum Gasteiger partial charge on any atom is 0.293 e. The fourth-order valence-corrected chi connectivity index (χ4v) is 3.22. The molecule has 164 valence electrons. The number of hydrogen-bond acceptors (Lipinski definition) is 6. The highest BCUT2D eigenvalue weighted by Crippen LogP contribution is 2.08. The van der Waals surface area contributed by atoms with E-state index in [2.05, 4.69) is 30.6 Å². The Morgan fingerprint density at radius 1 is 1.16 bits per heavy atom. The molecule has 4 rings (SSSR count). The number of nitrogens with one attached hydrogen (secondary N) is 3. The molecule has 3 aromatic heterocycles. The molecular formula is C22H29N7O2. The van der Waals surface area contributed by atoms with Crippen LogP contribution in [0.4, 0.5) is 5.82 Å². The number of anilines is 1. The normalized spacial score (nSPS) is 10.9. The first-order valence-corrected chi connectivity index (χ1v) is 9.99. The molecule has 4 aromatic rings. The van der Waals surface area contributed by atoms with Gasteiger partial charge in [-0.3, -0.25) is 19.1 Å². The van der Waals surface area contributed by atoms with Crippen LogP contribution in [0.15, 0.2) is 59.9 Å². The number of hydrogen-bond donors (Lipinski definition) is 3. The third-order valence-corrected chi connectivity index (χ3v) is 4.93. The molecule has 0 spiro atoms. The number of fused-ring (bicyclic) bond motifs is 1. The Labute approximate surface area is 183 Å². The summed E-state index contributed by atoms with van der Waals surface area (Å²) in [4.78, 5) is 40.9. The molecule has 9 nitrogen and oxygen atoms in total. The summed E-state index contributed by atoms with van der Waals surface area (Å²) in [6.07, 6.45) is 5.63. The zero-order valence-corrected chi connectivity index (χ0v) is 17.1. The molecule has 0 aliphatic rings. The average Bonchev–Trinajstić information content (AvgIpc) is 3.25. The second kappa shape index (κ2) is 9.21. The van der Waals surface area contributed by atoms with Gasteiger partial charge in [-0.2, -0.15) is 0 Å². The summed E-state index contributed by atoms with van der Waals surface area (Å²) in [5.74, 6) is -0.0458. The molecule has 0 saturated carbocycles. The zero-order chi connectivity index (χ0) is 21.6. The molecule has 0 bridgehead atoms. The quantitative estimate of drug-likeness (QED) is 0.401. The van der Waals surface area contributed by atoms with Gasteiger partial charge in [0.25, 0.3) is 5.56 Å². The van der Waals surface area contributed by atoms with E-state index >= 15 is 0 Å². The molecule has 0 aliphatic carbocycles. The van der Waals surface area contributed by atoms with E-state index in [4.69, 9.17) is 0 Å². The SMILES string of the molecule is Cc1cnc(NCCc2ccccc2)c(=O)n1CC(=O)NCc1cc2nc[nH]c2cn1.[HH].[HH].[HH]. The van der Waals surface area contributed by atoms with Crippen LogP contribution < -0.4 is 16.2 Å². The number of H-pyrrole nitrogens is 1. The second-order valence-electron chi connectivity index (χ2n) is 7.17. The van der Waals surface area contributed by atoms with Crippen molar-refractivity contribution in [2.75, 3.05) is 11.9 Å². The van der Waals surface area contributed by atoms with E-state index < -0.39 is 0 Å². The van der Waals surface area contributed by atoms with Gasteiger partial charge >= 0.3 is 0 Å².